The van der Waals surface area contributed by atoms with Gasteiger partial charge in [0, 0.05) is 30.1 Å². The van der Waals surface area contributed by atoms with Crippen LogP contribution in [0.15, 0.2) is 48.5 Å². The largest absolute Gasteiger partial charge is 0.496 e. The molecule has 2 aliphatic heterocycles. The van der Waals surface area contributed by atoms with Crippen molar-refractivity contribution in [3.63, 3.8) is 0 Å². The van der Waals surface area contributed by atoms with Crippen molar-refractivity contribution in [1.29, 1.82) is 0 Å². The lowest BCUT2D eigenvalue weighted by atomic mass is 9.80. The molecule has 0 spiro atoms. The van der Waals surface area contributed by atoms with E-state index in [-0.39, 0.29) is 11.7 Å². The highest BCUT2D eigenvalue weighted by molar-refractivity contribution is 5.98. The summed E-state index contributed by atoms with van der Waals surface area (Å²) in [7, 11) is 1.65. The van der Waals surface area contributed by atoms with Gasteiger partial charge in [-0.15, -0.1) is 0 Å². The standard InChI is InChI=1S/C23H27NO3/c1-16-8-9-18(12-22(16)26-2)23(25)19-10-20-14-27-15-21(11-19)24(20)13-17-6-4-3-5-7-17/h3-9,12,19-21H,10-11,13-15H2,1-2H3. The van der Waals surface area contributed by atoms with Gasteiger partial charge in [0.2, 0.25) is 0 Å². The van der Waals surface area contributed by atoms with Gasteiger partial charge in [-0.3, -0.25) is 9.69 Å². The van der Waals surface area contributed by atoms with E-state index in [4.69, 9.17) is 9.47 Å². The Bertz CT molecular complexity index is 791. The lowest BCUT2D eigenvalue weighted by Crippen LogP contribution is -2.57. The minimum absolute atomic E-state index is 0.0586. The van der Waals surface area contributed by atoms with Crippen LogP contribution in [0.4, 0.5) is 0 Å². The molecule has 0 N–H and O–H groups in total. The average molecular weight is 365 g/mol. The molecule has 27 heavy (non-hydrogen) atoms. The van der Waals surface area contributed by atoms with E-state index < -0.39 is 0 Å². The predicted molar refractivity (Wildman–Crippen MR) is 105 cm³/mol. The van der Waals surface area contributed by atoms with Crippen molar-refractivity contribution in [3.8, 4) is 5.75 Å². The van der Waals surface area contributed by atoms with Crippen molar-refractivity contribution in [1.82, 2.24) is 4.90 Å². The van der Waals surface area contributed by atoms with Gasteiger partial charge in [0.1, 0.15) is 5.75 Å². The molecule has 2 aliphatic rings. The van der Waals surface area contributed by atoms with Crippen molar-refractivity contribution < 1.29 is 14.3 Å². The third-order valence-electron chi connectivity index (χ3n) is 5.94. The quantitative estimate of drug-likeness (QED) is 0.754. The van der Waals surface area contributed by atoms with Crippen LogP contribution in [-0.2, 0) is 11.3 Å². The topological polar surface area (TPSA) is 38.8 Å². The third kappa shape index (κ3) is 3.78. The maximum absolute atomic E-state index is 13.2. The summed E-state index contributed by atoms with van der Waals surface area (Å²) in [5.41, 5.74) is 3.14. The molecule has 0 aromatic heterocycles. The zero-order valence-corrected chi connectivity index (χ0v) is 16.1. The van der Waals surface area contributed by atoms with Crippen LogP contribution in [0.25, 0.3) is 0 Å². The SMILES string of the molecule is COc1cc(C(=O)C2CC3COCC(C2)N3Cc2ccccc2)ccc1C. The normalized spacial score (nSPS) is 25.2. The number of carbonyl (C=O) groups excluding carboxylic acids is 1. The second-order valence-electron chi connectivity index (χ2n) is 7.72. The summed E-state index contributed by atoms with van der Waals surface area (Å²) in [5.74, 6) is 1.08. The number of nitrogens with zero attached hydrogens (tertiary/aromatic N) is 1. The maximum atomic E-state index is 13.2. The van der Waals surface area contributed by atoms with Crippen molar-refractivity contribution in [2.75, 3.05) is 20.3 Å². The number of piperidine rings is 1. The number of morpholine rings is 1. The van der Waals surface area contributed by atoms with Crippen molar-refractivity contribution in [2.24, 2.45) is 5.92 Å². The molecule has 2 aromatic rings. The number of hydrogen-bond donors (Lipinski definition) is 0. The molecular formula is C23H27NO3. The first-order valence-corrected chi connectivity index (χ1v) is 9.72. The first kappa shape index (κ1) is 18.2. The van der Waals surface area contributed by atoms with Gasteiger partial charge in [-0.1, -0.05) is 42.5 Å². The number of Topliss-reactive ketones (excluding diaryl/α,β-unsaturated/α-hetero) is 1. The second kappa shape index (κ2) is 7.83. The Morgan fingerprint density at radius 2 is 1.81 bits per heavy atom. The lowest BCUT2D eigenvalue weighted by molar-refractivity contribution is -0.0872. The Balaban J connectivity index is 1.50. The van der Waals surface area contributed by atoms with Crippen LogP contribution in [0.5, 0.6) is 5.75 Å². The summed E-state index contributed by atoms with van der Waals surface area (Å²) in [4.78, 5) is 15.7. The molecule has 142 valence electrons. The number of rotatable bonds is 5. The van der Waals surface area contributed by atoms with Crippen LogP contribution < -0.4 is 4.74 Å². The molecule has 2 atom stereocenters. The van der Waals surface area contributed by atoms with E-state index >= 15 is 0 Å². The highest BCUT2D eigenvalue weighted by atomic mass is 16.5. The molecule has 2 fully saturated rings. The summed E-state index contributed by atoms with van der Waals surface area (Å²) in [5, 5.41) is 0. The number of fused-ring (bicyclic) bond motifs is 2. The molecular weight excluding hydrogens is 338 g/mol. The summed E-state index contributed by atoms with van der Waals surface area (Å²) >= 11 is 0. The fraction of sp³-hybridized carbons (Fsp3) is 0.435. The van der Waals surface area contributed by atoms with Crippen molar-refractivity contribution >= 4 is 5.78 Å². The first-order valence-electron chi connectivity index (χ1n) is 9.72. The smallest absolute Gasteiger partial charge is 0.166 e. The van der Waals surface area contributed by atoms with Gasteiger partial charge in [-0.2, -0.15) is 0 Å². The highest BCUT2D eigenvalue weighted by Gasteiger charge is 2.41. The molecule has 0 saturated carbocycles. The van der Waals surface area contributed by atoms with Crippen LogP contribution in [0.1, 0.15) is 34.3 Å². The monoisotopic (exact) mass is 365 g/mol. The van der Waals surface area contributed by atoms with Crippen LogP contribution in [-0.4, -0.2) is 43.1 Å². The van der Waals surface area contributed by atoms with Crippen LogP contribution in [0.3, 0.4) is 0 Å². The summed E-state index contributed by atoms with van der Waals surface area (Å²) < 4.78 is 11.2. The highest BCUT2D eigenvalue weighted by Crippen LogP contribution is 2.35. The molecule has 2 saturated heterocycles. The number of methoxy groups -OCH3 is 1. The van der Waals surface area contributed by atoms with Gasteiger partial charge in [-0.25, -0.2) is 0 Å². The Morgan fingerprint density at radius 3 is 2.48 bits per heavy atom. The van der Waals surface area contributed by atoms with E-state index in [1.54, 1.807) is 7.11 Å². The Hall–Kier alpha value is -2.17. The summed E-state index contributed by atoms with van der Waals surface area (Å²) in [6.45, 7) is 4.35. The summed E-state index contributed by atoms with van der Waals surface area (Å²) in [6, 6.07) is 17.0. The molecule has 0 radical (unpaired) electrons. The molecule has 2 aromatic carbocycles. The van der Waals surface area contributed by atoms with Gasteiger partial charge in [0.15, 0.2) is 5.78 Å². The van der Waals surface area contributed by atoms with E-state index in [1.165, 1.54) is 5.56 Å². The molecule has 0 amide bonds. The molecule has 2 bridgehead atoms. The summed E-state index contributed by atoms with van der Waals surface area (Å²) in [6.07, 6.45) is 1.72. The fourth-order valence-electron chi connectivity index (χ4n) is 4.47. The zero-order valence-electron chi connectivity index (χ0n) is 16.1. The first-order chi connectivity index (χ1) is 13.2. The van der Waals surface area contributed by atoms with Crippen LogP contribution in [0, 0.1) is 12.8 Å². The predicted octanol–water partition coefficient (Wildman–Crippen LogP) is 3.87. The van der Waals surface area contributed by atoms with Crippen LogP contribution >= 0.6 is 0 Å². The average Bonchev–Trinajstić information content (AvgIpc) is 2.68. The molecule has 4 nitrogen and oxygen atoms in total. The number of carbonyl (C=O) groups is 1. The Kier molecular flexibility index (Phi) is 5.28. The number of benzene rings is 2. The minimum atomic E-state index is 0.0586. The number of hydrogen-bond acceptors (Lipinski definition) is 4. The van der Waals surface area contributed by atoms with E-state index in [9.17, 15) is 4.79 Å². The molecule has 2 heterocycles. The molecule has 2 unspecified atom stereocenters. The number of aryl methyl sites for hydroxylation is 1. The van der Waals surface area contributed by atoms with E-state index in [0.717, 1.165) is 36.3 Å². The molecule has 4 heteroatoms. The van der Waals surface area contributed by atoms with Gasteiger partial charge in [-0.05, 0) is 37.0 Å². The number of ether oxygens (including phenoxy) is 2. The zero-order chi connectivity index (χ0) is 18.8. The maximum Gasteiger partial charge on any atom is 0.166 e. The van der Waals surface area contributed by atoms with Gasteiger partial charge in [0.05, 0.1) is 20.3 Å². The van der Waals surface area contributed by atoms with Crippen molar-refractivity contribution in [3.05, 3.63) is 65.2 Å². The van der Waals surface area contributed by atoms with Crippen molar-refractivity contribution in [2.45, 2.75) is 38.4 Å². The van der Waals surface area contributed by atoms with E-state index in [1.807, 2.05) is 31.2 Å². The van der Waals surface area contributed by atoms with Gasteiger partial charge >= 0.3 is 0 Å². The van der Waals surface area contributed by atoms with Crippen LogP contribution in [0.2, 0.25) is 0 Å². The Labute approximate surface area is 161 Å². The molecule has 0 aliphatic carbocycles. The van der Waals surface area contributed by atoms with Gasteiger partial charge in [0.25, 0.3) is 0 Å². The third-order valence-corrected chi connectivity index (χ3v) is 5.94. The molecule has 4 rings (SSSR count). The number of ketones is 1. The van der Waals surface area contributed by atoms with Gasteiger partial charge < -0.3 is 9.47 Å². The Morgan fingerprint density at radius 1 is 1.11 bits per heavy atom. The van der Waals surface area contributed by atoms with E-state index in [0.29, 0.717) is 25.3 Å². The second-order valence-corrected chi connectivity index (χ2v) is 7.72. The minimum Gasteiger partial charge on any atom is -0.496 e. The lowest BCUT2D eigenvalue weighted by Gasteiger charge is -2.48. The fourth-order valence-corrected chi connectivity index (χ4v) is 4.47. The van der Waals surface area contributed by atoms with E-state index in [2.05, 4.69) is 29.2 Å².